The van der Waals surface area contributed by atoms with Crippen molar-refractivity contribution < 1.29 is 9.59 Å². The minimum absolute atomic E-state index is 0.0234. The number of carbonyl (C=O) groups excluding carboxylic acids is 2. The Balaban J connectivity index is 1.69. The second-order valence-corrected chi connectivity index (χ2v) is 5.37. The number of aromatic nitrogens is 1. The number of anilines is 1. The van der Waals surface area contributed by atoms with Crippen LogP contribution in [0.15, 0.2) is 36.4 Å². The molecule has 0 atom stereocenters. The van der Waals surface area contributed by atoms with E-state index in [1.54, 1.807) is 12.1 Å². The van der Waals surface area contributed by atoms with E-state index < -0.39 is 0 Å². The molecule has 0 bridgehead atoms. The number of amides is 2. The van der Waals surface area contributed by atoms with Crippen LogP contribution in [0, 0.1) is 6.92 Å². The lowest BCUT2D eigenvalue weighted by Crippen LogP contribution is -2.24. The molecule has 0 saturated carbocycles. The molecule has 22 heavy (non-hydrogen) atoms. The van der Waals surface area contributed by atoms with Crippen LogP contribution in [-0.4, -0.2) is 16.8 Å². The molecule has 1 aromatic carbocycles. The highest BCUT2D eigenvalue weighted by molar-refractivity contribution is 5.97. The Hall–Kier alpha value is -2.69. The number of nitrogens with zero attached hydrogens (tertiary/aromatic N) is 1. The van der Waals surface area contributed by atoms with Gasteiger partial charge in [0.2, 0.25) is 5.91 Å². The molecule has 0 aliphatic carbocycles. The van der Waals surface area contributed by atoms with Crippen LogP contribution in [0.1, 0.15) is 33.7 Å². The second-order valence-electron chi connectivity index (χ2n) is 5.37. The number of fused-ring (bicyclic) bond motifs is 1. The van der Waals surface area contributed by atoms with E-state index in [1.807, 2.05) is 31.2 Å². The Labute approximate surface area is 128 Å². The van der Waals surface area contributed by atoms with Gasteiger partial charge in [-0.15, -0.1) is 0 Å². The third-order valence-corrected chi connectivity index (χ3v) is 3.64. The SMILES string of the molecule is Cc1cccc(CNC(=O)c2ccc3c(c2)CCC(=O)N3)n1. The molecule has 0 fully saturated rings. The number of carbonyl (C=O) groups is 2. The Morgan fingerprint density at radius 2 is 2.14 bits per heavy atom. The fourth-order valence-corrected chi connectivity index (χ4v) is 2.50. The molecule has 2 N–H and O–H groups in total. The van der Waals surface area contributed by atoms with Crippen LogP contribution < -0.4 is 10.6 Å². The molecule has 2 amide bonds. The average Bonchev–Trinajstić information content (AvgIpc) is 2.52. The second kappa shape index (κ2) is 5.97. The van der Waals surface area contributed by atoms with Gasteiger partial charge in [-0.25, -0.2) is 0 Å². The molecule has 3 rings (SSSR count). The van der Waals surface area contributed by atoms with Gasteiger partial charge in [0.15, 0.2) is 0 Å². The number of rotatable bonds is 3. The molecule has 2 aromatic rings. The summed E-state index contributed by atoms with van der Waals surface area (Å²) in [7, 11) is 0. The van der Waals surface area contributed by atoms with E-state index >= 15 is 0 Å². The molecule has 1 aliphatic rings. The number of hydrogen-bond acceptors (Lipinski definition) is 3. The summed E-state index contributed by atoms with van der Waals surface area (Å²) in [5, 5.41) is 5.68. The maximum Gasteiger partial charge on any atom is 0.251 e. The molecule has 2 heterocycles. The third-order valence-electron chi connectivity index (χ3n) is 3.64. The zero-order valence-electron chi connectivity index (χ0n) is 12.3. The Kier molecular flexibility index (Phi) is 3.87. The van der Waals surface area contributed by atoms with Crippen LogP contribution in [0.5, 0.6) is 0 Å². The van der Waals surface area contributed by atoms with E-state index in [0.29, 0.717) is 24.9 Å². The molecule has 1 aliphatic heterocycles. The van der Waals surface area contributed by atoms with Gasteiger partial charge in [-0.2, -0.15) is 0 Å². The largest absolute Gasteiger partial charge is 0.346 e. The molecule has 0 unspecified atom stereocenters. The van der Waals surface area contributed by atoms with Gasteiger partial charge in [0, 0.05) is 23.4 Å². The van der Waals surface area contributed by atoms with Gasteiger partial charge in [0.05, 0.1) is 12.2 Å². The van der Waals surface area contributed by atoms with Gasteiger partial charge < -0.3 is 10.6 Å². The Morgan fingerprint density at radius 3 is 2.95 bits per heavy atom. The molecular weight excluding hydrogens is 278 g/mol. The molecule has 1 aromatic heterocycles. The number of hydrogen-bond donors (Lipinski definition) is 2. The monoisotopic (exact) mass is 295 g/mol. The fraction of sp³-hybridized carbons (Fsp3) is 0.235. The van der Waals surface area contributed by atoms with Crippen LogP contribution in [0.25, 0.3) is 0 Å². The van der Waals surface area contributed by atoms with Crippen molar-refractivity contribution in [2.75, 3.05) is 5.32 Å². The molecule has 0 radical (unpaired) electrons. The quantitative estimate of drug-likeness (QED) is 0.912. The van der Waals surface area contributed by atoms with Crippen molar-refractivity contribution in [3.05, 3.63) is 58.9 Å². The fourth-order valence-electron chi connectivity index (χ4n) is 2.50. The lowest BCUT2D eigenvalue weighted by molar-refractivity contribution is -0.116. The summed E-state index contributed by atoms with van der Waals surface area (Å²) in [6.07, 6.45) is 1.13. The summed E-state index contributed by atoms with van der Waals surface area (Å²) in [5.74, 6) is -0.113. The van der Waals surface area contributed by atoms with Crippen molar-refractivity contribution in [1.29, 1.82) is 0 Å². The van der Waals surface area contributed by atoms with Crippen LogP contribution in [0.4, 0.5) is 5.69 Å². The number of aryl methyl sites for hydroxylation is 2. The van der Waals surface area contributed by atoms with Crippen LogP contribution in [0.3, 0.4) is 0 Å². The van der Waals surface area contributed by atoms with Crippen molar-refractivity contribution in [3.8, 4) is 0 Å². The maximum atomic E-state index is 12.2. The van der Waals surface area contributed by atoms with Crippen molar-refractivity contribution in [1.82, 2.24) is 10.3 Å². The van der Waals surface area contributed by atoms with E-state index in [1.165, 1.54) is 0 Å². The van der Waals surface area contributed by atoms with Gasteiger partial charge in [-0.05, 0) is 49.2 Å². The number of benzene rings is 1. The normalized spacial score (nSPS) is 13.2. The molecule has 0 saturated heterocycles. The van der Waals surface area contributed by atoms with Crippen molar-refractivity contribution in [3.63, 3.8) is 0 Å². The topological polar surface area (TPSA) is 71.1 Å². The van der Waals surface area contributed by atoms with E-state index in [4.69, 9.17) is 0 Å². The Morgan fingerprint density at radius 1 is 1.27 bits per heavy atom. The first-order chi connectivity index (χ1) is 10.6. The lowest BCUT2D eigenvalue weighted by atomic mass is 10.00. The van der Waals surface area contributed by atoms with Gasteiger partial charge in [0.25, 0.3) is 5.91 Å². The van der Waals surface area contributed by atoms with Gasteiger partial charge in [0.1, 0.15) is 0 Å². The van der Waals surface area contributed by atoms with Crippen molar-refractivity contribution >= 4 is 17.5 Å². The average molecular weight is 295 g/mol. The van der Waals surface area contributed by atoms with Crippen LogP contribution in [0.2, 0.25) is 0 Å². The zero-order valence-corrected chi connectivity index (χ0v) is 12.3. The van der Waals surface area contributed by atoms with Gasteiger partial charge in [-0.3, -0.25) is 14.6 Å². The zero-order chi connectivity index (χ0) is 15.5. The van der Waals surface area contributed by atoms with E-state index in [-0.39, 0.29) is 11.8 Å². The number of nitrogens with one attached hydrogen (secondary N) is 2. The summed E-state index contributed by atoms with van der Waals surface area (Å²) in [4.78, 5) is 27.9. The molecular formula is C17H17N3O2. The molecule has 112 valence electrons. The van der Waals surface area contributed by atoms with Gasteiger partial charge >= 0.3 is 0 Å². The van der Waals surface area contributed by atoms with E-state index in [0.717, 1.165) is 22.6 Å². The summed E-state index contributed by atoms with van der Waals surface area (Å²) >= 11 is 0. The van der Waals surface area contributed by atoms with E-state index in [2.05, 4.69) is 15.6 Å². The first kappa shape index (κ1) is 14.3. The lowest BCUT2D eigenvalue weighted by Gasteiger charge is -2.17. The predicted molar refractivity (Wildman–Crippen MR) is 83.5 cm³/mol. The highest BCUT2D eigenvalue weighted by Gasteiger charge is 2.16. The first-order valence-corrected chi connectivity index (χ1v) is 7.25. The Bertz CT molecular complexity index is 740. The minimum atomic E-state index is -0.136. The van der Waals surface area contributed by atoms with Crippen LogP contribution >= 0.6 is 0 Å². The highest BCUT2D eigenvalue weighted by atomic mass is 16.2. The first-order valence-electron chi connectivity index (χ1n) is 7.25. The van der Waals surface area contributed by atoms with E-state index in [9.17, 15) is 9.59 Å². The standard InChI is InChI=1S/C17H17N3O2/c1-11-3-2-4-14(19-11)10-18-17(22)13-5-7-15-12(9-13)6-8-16(21)20-15/h2-5,7,9H,6,8,10H2,1H3,(H,18,22)(H,20,21). The summed E-state index contributed by atoms with van der Waals surface area (Å²) in [6, 6.07) is 11.1. The summed E-state index contributed by atoms with van der Waals surface area (Å²) in [5.41, 5.74) is 4.16. The third kappa shape index (κ3) is 3.14. The molecule has 5 heteroatoms. The summed E-state index contributed by atoms with van der Waals surface area (Å²) < 4.78 is 0. The smallest absolute Gasteiger partial charge is 0.251 e. The highest BCUT2D eigenvalue weighted by Crippen LogP contribution is 2.23. The maximum absolute atomic E-state index is 12.2. The molecule has 0 spiro atoms. The van der Waals surface area contributed by atoms with Gasteiger partial charge in [-0.1, -0.05) is 6.07 Å². The van der Waals surface area contributed by atoms with Crippen molar-refractivity contribution in [2.24, 2.45) is 0 Å². The molecule has 5 nitrogen and oxygen atoms in total. The van der Waals surface area contributed by atoms with Crippen LogP contribution in [-0.2, 0) is 17.8 Å². The van der Waals surface area contributed by atoms with Crippen molar-refractivity contribution in [2.45, 2.75) is 26.3 Å². The number of pyridine rings is 1. The summed E-state index contributed by atoms with van der Waals surface area (Å²) in [6.45, 7) is 2.32. The predicted octanol–water partition coefficient (Wildman–Crippen LogP) is 2.20. The minimum Gasteiger partial charge on any atom is -0.346 e.